The SMILES string of the molecule is CC(C)C(=O)c1ccc(NCc2ccc(C(F)(F)F)cc2)c(C2=CN(C)CN2)c1. The Labute approximate surface area is 168 Å². The number of benzene rings is 2. The van der Waals surface area contributed by atoms with Crippen LogP contribution in [0.25, 0.3) is 5.70 Å². The molecule has 2 N–H and O–H groups in total. The molecule has 154 valence electrons. The summed E-state index contributed by atoms with van der Waals surface area (Å²) in [5.74, 6) is -0.0468. The van der Waals surface area contributed by atoms with E-state index in [9.17, 15) is 18.0 Å². The van der Waals surface area contributed by atoms with Crippen LogP contribution in [0.5, 0.6) is 0 Å². The predicted molar refractivity (Wildman–Crippen MR) is 108 cm³/mol. The molecule has 0 unspecified atom stereocenters. The average Bonchev–Trinajstić information content (AvgIpc) is 3.11. The fourth-order valence-corrected chi connectivity index (χ4v) is 3.10. The van der Waals surface area contributed by atoms with Gasteiger partial charge in [0.25, 0.3) is 0 Å². The second-order valence-electron chi connectivity index (χ2n) is 7.46. The molecule has 4 nitrogen and oxygen atoms in total. The van der Waals surface area contributed by atoms with E-state index in [2.05, 4.69) is 10.6 Å². The fraction of sp³-hybridized carbons (Fsp3) is 0.318. The molecule has 2 aromatic rings. The zero-order chi connectivity index (χ0) is 21.2. The average molecular weight is 403 g/mol. The van der Waals surface area contributed by atoms with Crippen LogP contribution in [0.15, 0.2) is 48.7 Å². The maximum atomic E-state index is 12.7. The van der Waals surface area contributed by atoms with E-state index < -0.39 is 11.7 Å². The highest BCUT2D eigenvalue weighted by atomic mass is 19.4. The van der Waals surface area contributed by atoms with Gasteiger partial charge in [-0.3, -0.25) is 4.79 Å². The normalized spacial score (nSPS) is 14.0. The number of anilines is 1. The Bertz CT molecular complexity index is 918. The van der Waals surface area contributed by atoms with Gasteiger partial charge in [-0.1, -0.05) is 26.0 Å². The Hall–Kier alpha value is -2.96. The van der Waals surface area contributed by atoms with Gasteiger partial charge in [-0.2, -0.15) is 13.2 Å². The van der Waals surface area contributed by atoms with Crippen molar-refractivity contribution in [2.24, 2.45) is 5.92 Å². The minimum absolute atomic E-state index is 0.0625. The Morgan fingerprint density at radius 1 is 1.17 bits per heavy atom. The standard InChI is InChI=1S/C22H24F3N3O/c1-14(2)21(29)16-6-9-19(18(10-16)20-12-28(3)13-27-20)26-11-15-4-7-17(8-5-15)22(23,24)25/h4-10,12,14,26-27H,11,13H2,1-3H3. The molecule has 0 aliphatic carbocycles. The van der Waals surface area contributed by atoms with Gasteiger partial charge >= 0.3 is 6.18 Å². The fourth-order valence-electron chi connectivity index (χ4n) is 3.10. The van der Waals surface area contributed by atoms with Crippen LogP contribution >= 0.6 is 0 Å². The van der Waals surface area contributed by atoms with Gasteiger partial charge in [0.1, 0.15) is 0 Å². The van der Waals surface area contributed by atoms with Crippen LogP contribution in [-0.4, -0.2) is 24.4 Å². The Balaban J connectivity index is 1.84. The smallest absolute Gasteiger partial charge is 0.380 e. The number of carbonyl (C=O) groups is 1. The van der Waals surface area contributed by atoms with Gasteiger partial charge in [0.2, 0.25) is 0 Å². The number of Topliss-reactive ketones (excluding diaryl/α,β-unsaturated/α-hetero) is 1. The van der Waals surface area contributed by atoms with Crippen LogP contribution in [0.2, 0.25) is 0 Å². The molecule has 0 aromatic heterocycles. The second-order valence-corrected chi connectivity index (χ2v) is 7.46. The molecule has 0 saturated carbocycles. The van der Waals surface area contributed by atoms with E-state index in [0.717, 1.165) is 34.6 Å². The Kier molecular flexibility index (Phi) is 5.86. The summed E-state index contributed by atoms with van der Waals surface area (Å²) in [5, 5.41) is 6.57. The van der Waals surface area contributed by atoms with Crippen molar-refractivity contribution < 1.29 is 18.0 Å². The third-order valence-electron chi connectivity index (χ3n) is 4.75. The molecule has 7 heteroatoms. The van der Waals surface area contributed by atoms with Gasteiger partial charge in [-0.15, -0.1) is 0 Å². The first-order valence-electron chi connectivity index (χ1n) is 9.39. The topological polar surface area (TPSA) is 44.4 Å². The molecule has 2 aromatic carbocycles. The summed E-state index contributed by atoms with van der Waals surface area (Å²) in [7, 11) is 1.94. The number of carbonyl (C=O) groups excluding carboxylic acids is 1. The summed E-state index contributed by atoms with van der Waals surface area (Å²) in [6.07, 6.45) is -2.38. The van der Waals surface area contributed by atoms with Gasteiger partial charge in [-0.05, 0) is 35.9 Å². The van der Waals surface area contributed by atoms with Crippen molar-refractivity contribution in [3.63, 3.8) is 0 Å². The van der Waals surface area contributed by atoms with Gasteiger partial charge in [0.15, 0.2) is 5.78 Å². The zero-order valence-corrected chi connectivity index (χ0v) is 16.6. The van der Waals surface area contributed by atoms with Gasteiger partial charge < -0.3 is 15.5 Å². The molecule has 0 fully saturated rings. The number of nitrogens with zero attached hydrogens (tertiary/aromatic N) is 1. The number of nitrogens with one attached hydrogen (secondary N) is 2. The number of alkyl halides is 3. The molecule has 29 heavy (non-hydrogen) atoms. The van der Waals surface area contributed by atoms with E-state index >= 15 is 0 Å². The minimum atomic E-state index is -4.34. The van der Waals surface area contributed by atoms with Crippen LogP contribution in [0.3, 0.4) is 0 Å². The van der Waals surface area contributed by atoms with Crippen LogP contribution in [0, 0.1) is 5.92 Å². The highest BCUT2D eigenvalue weighted by Gasteiger charge is 2.29. The van der Waals surface area contributed by atoms with E-state index in [1.54, 1.807) is 6.07 Å². The lowest BCUT2D eigenvalue weighted by molar-refractivity contribution is -0.137. The molecule has 0 saturated heterocycles. The number of ketones is 1. The van der Waals surface area contributed by atoms with E-state index in [1.807, 2.05) is 44.1 Å². The van der Waals surface area contributed by atoms with Gasteiger partial charge in [0.05, 0.1) is 17.9 Å². The summed E-state index contributed by atoms with van der Waals surface area (Å²) in [4.78, 5) is 14.4. The molecule has 1 aliphatic heterocycles. The molecule has 0 amide bonds. The molecule has 0 spiro atoms. The number of rotatable bonds is 6. The van der Waals surface area contributed by atoms with Crippen LogP contribution in [-0.2, 0) is 12.7 Å². The molecule has 1 heterocycles. The van der Waals surface area contributed by atoms with Crippen molar-refractivity contribution in [2.75, 3.05) is 19.0 Å². The lowest BCUT2D eigenvalue weighted by atomic mass is 9.97. The van der Waals surface area contributed by atoms with Crippen LogP contribution < -0.4 is 10.6 Å². The van der Waals surface area contributed by atoms with E-state index in [4.69, 9.17) is 0 Å². The van der Waals surface area contributed by atoms with E-state index in [1.165, 1.54) is 12.1 Å². The largest absolute Gasteiger partial charge is 0.416 e. The molecule has 0 atom stereocenters. The zero-order valence-electron chi connectivity index (χ0n) is 16.6. The third-order valence-corrected chi connectivity index (χ3v) is 4.75. The summed E-state index contributed by atoms with van der Waals surface area (Å²) in [5.41, 5.74) is 3.25. The minimum Gasteiger partial charge on any atom is -0.380 e. The van der Waals surface area contributed by atoms with Crippen molar-refractivity contribution >= 4 is 17.2 Å². The van der Waals surface area contributed by atoms with Crippen molar-refractivity contribution in [3.8, 4) is 0 Å². The highest BCUT2D eigenvalue weighted by molar-refractivity contribution is 5.99. The summed E-state index contributed by atoms with van der Waals surface area (Å²) in [6, 6.07) is 10.6. The first-order chi connectivity index (χ1) is 13.6. The van der Waals surface area contributed by atoms with Gasteiger partial charge in [-0.25, -0.2) is 0 Å². The number of halogens is 3. The van der Waals surface area contributed by atoms with Gasteiger partial charge in [0, 0.05) is 42.5 Å². The molecular formula is C22H24F3N3O. The molecule has 1 aliphatic rings. The van der Waals surface area contributed by atoms with E-state index in [-0.39, 0.29) is 11.7 Å². The number of hydrogen-bond acceptors (Lipinski definition) is 4. The lowest BCUT2D eigenvalue weighted by Gasteiger charge is -2.16. The summed E-state index contributed by atoms with van der Waals surface area (Å²) in [6.45, 7) is 4.75. The Morgan fingerprint density at radius 2 is 1.86 bits per heavy atom. The van der Waals surface area contributed by atoms with Crippen molar-refractivity contribution in [1.82, 2.24) is 10.2 Å². The quantitative estimate of drug-likeness (QED) is 0.670. The molecule has 0 bridgehead atoms. The highest BCUT2D eigenvalue weighted by Crippen LogP contribution is 2.30. The predicted octanol–water partition coefficient (Wildman–Crippen LogP) is 4.95. The second kappa shape index (κ2) is 8.19. The van der Waals surface area contributed by atoms with Crippen LogP contribution in [0.1, 0.15) is 40.9 Å². The molecule has 3 rings (SSSR count). The third kappa shape index (κ3) is 4.91. The first-order valence-corrected chi connectivity index (χ1v) is 9.39. The monoisotopic (exact) mass is 403 g/mol. The van der Waals surface area contributed by atoms with Crippen molar-refractivity contribution in [1.29, 1.82) is 0 Å². The van der Waals surface area contributed by atoms with E-state index in [0.29, 0.717) is 18.8 Å². The molecular weight excluding hydrogens is 379 g/mol. The first kappa shape index (κ1) is 20.8. The summed E-state index contributed by atoms with van der Waals surface area (Å²) >= 11 is 0. The van der Waals surface area contributed by atoms with Crippen molar-refractivity contribution in [3.05, 3.63) is 70.9 Å². The van der Waals surface area contributed by atoms with Crippen molar-refractivity contribution in [2.45, 2.75) is 26.6 Å². The maximum Gasteiger partial charge on any atom is 0.416 e. The summed E-state index contributed by atoms with van der Waals surface area (Å²) < 4.78 is 38.2. The molecule has 0 radical (unpaired) electrons. The maximum absolute atomic E-state index is 12.7. The van der Waals surface area contributed by atoms with Crippen LogP contribution in [0.4, 0.5) is 18.9 Å². The Morgan fingerprint density at radius 3 is 2.41 bits per heavy atom. The number of hydrogen-bond donors (Lipinski definition) is 2. The lowest BCUT2D eigenvalue weighted by Crippen LogP contribution is -2.17.